The van der Waals surface area contributed by atoms with Gasteiger partial charge in [0, 0.05) is 16.5 Å². The molecule has 2 aromatic carbocycles. The van der Waals surface area contributed by atoms with E-state index in [1.54, 1.807) is 20.3 Å². The van der Waals surface area contributed by atoms with Gasteiger partial charge in [0.1, 0.15) is 0 Å². The Balaban J connectivity index is 2.23. The van der Waals surface area contributed by atoms with Crippen molar-refractivity contribution in [2.75, 3.05) is 21.3 Å². The number of nitrogens with one attached hydrogen (secondary N) is 1. The van der Waals surface area contributed by atoms with Gasteiger partial charge in [-0.05, 0) is 47.9 Å². The molecule has 5 heteroatoms. The number of benzene rings is 2. The lowest BCUT2D eigenvalue weighted by Crippen LogP contribution is -2.00. The van der Waals surface area contributed by atoms with Crippen LogP contribution in [0.4, 0.5) is 0 Å². The second kappa shape index (κ2) is 7.12. The van der Waals surface area contributed by atoms with E-state index in [-0.39, 0.29) is 11.9 Å². The molecule has 0 spiro atoms. The van der Waals surface area contributed by atoms with Gasteiger partial charge < -0.3 is 19.2 Å². The quantitative estimate of drug-likeness (QED) is 0.672. The van der Waals surface area contributed by atoms with Crippen molar-refractivity contribution < 1.29 is 19.0 Å². The number of aromatic nitrogens is 1. The highest BCUT2D eigenvalue weighted by atomic mass is 16.5. The third-order valence-corrected chi connectivity index (χ3v) is 4.51. The summed E-state index contributed by atoms with van der Waals surface area (Å²) < 4.78 is 15.6. The summed E-state index contributed by atoms with van der Waals surface area (Å²) in [6, 6.07) is 11.4. The molecule has 0 unspecified atom stereocenters. The van der Waals surface area contributed by atoms with E-state index in [2.05, 4.69) is 18.8 Å². The van der Waals surface area contributed by atoms with E-state index >= 15 is 0 Å². The molecule has 3 aromatic rings. The summed E-state index contributed by atoms with van der Waals surface area (Å²) in [6.07, 6.45) is 0. The summed E-state index contributed by atoms with van der Waals surface area (Å²) in [5, 5.41) is 1.02. The number of hydrogen-bond donors (Lipinski definition) is 1. The van der Waals surface area contributed by atoms with Crippen LogP contribution in [0.5, 0.6) is 11.5 Å². The minimum atomic E-state index is -0.338. The number of methoxy groups -OCH3 is 3. The van der Waals surface area contributed by atoms with E-state index in [1.165, 1.54) is 7.11 Å². The monoisotopic (exact) mass is 353 g/mol. The SMILES string of the molecule is COC(=O)c1ccc2[nH]c(-c3ccc(OC)c(OC)c3)c(C(C)C)c2c1. The molecule has 136 valence electrons. The number of fused-ring (bicyclic) bond motifs is 1. The molecule has 0 aliphatic heterocycles. The first-order valence-electron chi connectivity index (χ1n) is 8.46. The first kappa shape index (κ1) is 17.9. The van der Waals surface area contributed by atoms with E-state index in [0.29, 0.717) is 17.1 Å². The summed E-state index contributed by atoms with van der Waals surface area (Å²) in [5.74, 6) is 1.29. The van der Waals surface area contributed by atoms with Crippen LogP contribution >= 0.6 is 0 Å². The van der Waals surface area contributed by atoms with Crippen molar-refractivity contribution in [2.45, 2.75) is 19.8 Å². The van der Waals surface area contributed by atoms with Gasteiger partial charge >= 0.3 is 5.97 Å². The molecule has 5 nitrogen and oxygen atoms in total. The van der Waals surface area contributed by atoms with Crippen LogP contribution < -0.4 is 9.47 Å². The zero-order valence-electron chi connectivity index (χ0n) is 15.7. The highest BCUT2D eigenvalue weighted by molar-refractivity contribution is 5.98. The normalized spacial score (nSPS) is 11.0. The molecule has 3 rings (SSSR count). The Bertz CT molecular complexity index is 956. The van der Waals surface area contributed by atoms with Crippen LogP contribution in [0.3, 0.4) is 0 Å². The van der Waals surface area contributed by atoms with Crippen molar-refractivity contribution >= 4 is 16.9 Å². The Hall–Kier alpha value is -2.95. The molecule has 1 heterocycles. The van der Waals surface area contributed by atoms with E-state index in [9.17, 15) is 4.79 Å². The largest absolute Gasteiger partial charge is 0.493 e. The predicted octanol–water partition coefficient (Wildman–Crippen LogP) is 4.76. The number of ether oxygens (including phenoxy) is 3. The lowest BCUT2D eigenvalue weighted by Gasteiger charge is -2.12. The molecule has 0 radical (unpaired) electrons. The Morgan fingerprint density at radius 3 is 2.31 bits per heavy atom. The van der Waals surface area contributed by atoms with Crippen molar-refractivity contribution in [3.8, 4) is 22.8 Å². The summed E-state index contributed by atoms with van der Waals surface area (Å²) in [4.78, 5) is 15.4. The summed E-state index contributed by atoms with van der Waals surface area (Å²) >= 11 is 0. The number of H-pyrrole nitrogens is 1. The number of hydrogen-bond acceptors (Lipinski definition) is 4. The summed E-state index contributed by atoms with van der Waals surface area (Å²) in [7, 11) is 4.63. The van der Waals surface area contributed by atoms with Gasteiger partial charge in [0.2, 0.25) is 0 Å². The molecule has 0 aliphatic carbocycles. The average molecular weight is 353 g/mol. The second-order valence-electron chi connectivity index (χ2n) is 6.39. The smallest absolute Gasteiger partial charge is 0.337 e. The van der Waals surface area contributed by atoms with Crippen LogP contribution in [0.2, 0.25) is 0 Å². The molecular formula is C21H23NO4. The molecule has 0 bridgehead atoms. The number of rotatable bonds is 5. The summed E-state index contributed by atoms with van der Waals surface area (Å²) in [6.45, 7) is 4.27. The number of esters is 1. The first-order chi connectivity index (χ1) is 12.5. The topological polar surface area (TPSA) is 60.6 Å². The van der Waals surface area contributed by atoms with Gasteiger partial charge in [-0.2, -0.15) is 0 Å². The number of aromatic amines is 1. The third-order valence-electron chi connectivity index (χ3n) is 4.51. The fourth-order valence-corrected chi connectivity index (χ4v) is 3.28. The molecular weight excluding hydrogens is 330 g/mol. The molecule has 26 heavy (non-hydrogen) atoms. The second-order valence-corrected chi connectivity index (χ2v) is 6.39. The van der Waals surface area contributed by atoms with Crippen molar-refractivity contribution in [3.05, 3.63) is 47.5 Å². The van der Waals surface area contributed by atoms with E-state index in [1.807, 2.05) is 30.3 Å². The highest BCUT2D eigenvalue weighted by Gasteiger charge is 2.19. The van der Waals surface area contributed by atoms with Crippen LogP contribution in [0.1, 0.15) is 35.7 Å². The standard InChI is InChI=1S/C21H23NO4/c1-12(2)19-15-10-14(21(23)26-5)6-8-16(15)22-20(19)13-7-9-17(24-3)18(11-13)25-4/h6-12,22H,1-5H3. The molecule has 0 aliphatic rings. The maximum atomic E-state index is 11.9. The Labute approximate surface area is 152 Å². The lowest BCUT2D eigenvalue weighted by atomic mass is 9.95. The van der Waals surface area contributed by atoms with Gasteiger partial charge in [-0.15, -0.1) is 0 Å². The van der Waals surface area contributed by atoms with Gasteiger partial charge in [-0.25, -0.2) is 4.79 Å². The number of carbonyl (C=O) groups excluding carboxylic acids is 1. The van der Waals surface area contributed by atoms with Crippen LogP contribution in [0, 0.1) is 0 Å². The molecule has 0 saturated heterocycles. The van der Waals surface area contributed by atoms with Gasteiger partial charge in [-0.1, -0.05) is 13.8 Å². The third kappa shape index (κ3) is 3.01. The minimum absolute atomic E-state index is 0.264. The van der Waals surface area contributed by atoms with E-state index in [0.717, 1.165) is 27.7 Å². The molecule has 0 atom stereocenters. The van der Waals surface area contributed by atoms with Gasteiger partial charge in [0.15, 0.2) is 11.5 Å². The minimum Gasteiger partial charge on any atom is -0.493 e. The van der Waals surface area contributed by atoms with Gasteiger partial charge in [0.05, 0.1) is 32.6 Å². The average Bonchev–Trinajstić information content (AvgIpc) is 3.05. The lowest BCUT2D eigenvalue weighted by molar-refractivity contribution is 0.0601. The van der Waals surface area contributed by atoms with E-state index < -0.39 is 0 Å². The Morgan fingerprint density at radius 1 is 0.962 bits per heavy atom. The maximum absolute atomic E-state index is 11.9. The summed E-state index contributed by atoms with van der Waals surface area (Å²) in [5.41, 5.74) is 4.68. The van der Waals surface area contributed by atoms with E-state index in [4.69, 9.17) is 14.2 Å². The van der Waals surface area contributed by atoms with Crippen molar-refractivity contribution in [3.63, 3.8) is 0 Å². The molecule has 0 fully saturated rings. The zero-order chi connectivity index (χ0) is 18.8. The first-order valence-corrected chi connectivity index (χ1v) is 8.46. The van der Waals surface area contributed by atoms with Crippen LogP contribution in [-0.2, 0) is 4.74 Å². The van der Waals surface area contributed by atoms with Gasteiger partial charge in [-0.3, -0.25) is 0 Å². The van der Waals surface area contributed by atoms with Crippen molar-refractivity contribution in [1.29, 1.82) is 0 Å². The zero-order valence-corrected chi connectivity index (χ0v) is 15.7. The predicted molar refractivity (Wildman–Crippen MR) is 102 cm³/mol. The van der Waals surface area contributed by atoms with Crippen molar-refractivity contribution in [2.24, 2.45) is 0 Å². The highest BCUT2D eigenvalue weighted by Crippen LogP contribution is 2.39. The van der Waals surface area contributed by atoms with Gasteiger partial charge in [0.25, 0.3) is 0 Å². The van der Waals surface area contributed by atoms with Crippen LogP contribution in [0.25, 0.3) is 22.2 Å². The Morgan fingerprint density at radius 2 is 1.69 bits per heavy atom. The van der Waals surface area contributed by atoms with Crippen molar-refractivity contribution in [1.82, 2.24) is 4.98 Å². The molecule has 0 amide bonds. The number of carbonyl (C=O) groups is 1. The molecule has 1 N–H and O–H groups in total. The van der Waals surface area contributed by atoms with Crippen LogP contribution in [0.15, 0.2) is 36.4 Å². The fraction of sp³-hybridized carbons (Fsp3) is 0.286. The fourth-order valence-electron chi connectivity index (χ4n) is 3.28. The molecule has 0 saturated carbocycles. The van der Waals surface area contributed by atoms with Crippen LogP contribution in [-0.4, -0.2) is 32.3 Å². The molecule has 1 aromatic heterocycles. The maximum Gasteiger partial charge on any atom is 0.337 e. The Kier molecular flexibility index (Phi) is 4.89.